The molecule has 0 aromatic heterocycles. The molecule has 2 N–H and O–H groups in total. The van der Waals surface area contributed by atoms with Crippen molar-refractivity contribution in [2.24, 2.45) is 0 Å². The van der Waals surface area contributed by atoms with E-state index in [0.29, 0.717) is 5.56 Å². The molecule has 0 spiro atoms. The number of esters is 1. The monoisotopic (exact) mass is 374 g/mol. The Morgan fingerprint density at radius 2 is 1.63 bits per heavy atom. The molecule has 8 heteroatoms. The highest BCUT2D eigenvalue weighted by Gasteiger charge is 2.29. The van der Waals surface area contributed by atoms with Gasteiger partial charge in [0.25, 0.3) is 5.91 Å². The van der Waals surface area contributed by atoms with Gasteiger partial charge in [0.1, 0.15) is 11.6 Å². The summed E-state index contributed by atoms with van der Waals surface area (Å²) in [6, 6.07) is 12.6. The normalized spacial score (nSPS) is 12.4. The van der Waals surface area contributed by atoms with Gasteiger partial charge in [-0.05, 0) is 31.2 Å². The zero-order valence-electron chi connectivity index (χ0n) is 14.8. The van der Waals surface area contributed by atoms with Gasteiger partial charge in [0, 0.05) is 12.6 Å². The summed E-state index contributed by atoms with van der Waals surface area (Å²) in [5.74, 6) is -1.79. The summed E-state index contributed by atoms with van der Waals surface area (Å²) >= 11 is 0. The highest BCUT2D eigenvalue weighted by molar-refractivity contribution is 5.97. The van der Waals surface area contributed by atoms with E-state index >= 15 is 0 Å². The molecule has 2 aromatic carbocycles. The van der Waals surface area contributed by atoms with Crippen LogP contribution in [0.1, 0.15) is 18.6 Å². The molecular formula is C19H19FN2O5. The van der Waals surface area contributed by atoms with E-state index in [1.54, 1.807) is 30.3 Å². The van der Waals surface area contributed by atoms with Crippen molar-refractivity contribution in [2.45, 2.75) is 19.1 Å². The smallest absolute Gasteiger partial charge is 0.348 e. The number of imide groups is 1. The Hall–Kier alpha value is -3.42. The molecule has 0 bridgehead atoms. The van der Waals surface area contributed by atoms with Crippen LogP contribution in [0.3, 0.4) is 0 Å². The van der Waals surface area contributed by atoms with Crippen LogP contribution in [-0.4, -0.2) is 31.1 Å². The van der Waals surface area contributed by atoms with Crippen LogP contribution in [-0.2, 0) is 14.3 Å². The lowest BCUT2D eigenvalue weighted by Gasteiger charge is -2.20. The number of hydrogen-bond acceptors (Lipinski definition) is 5. The standard InChI is InChI=1S/C19H19FN2O5/c1-12(26-15-10-8-14(20)9-11-15)18(24)27-16(13-6-4-3-5-7-13)17(23)22-19(25)21-2/h3-12,16H,1-2H3,(H2,21,22,23,25)/t12-,16+/m1/s1. The van der Waals surface area contributed by atoms with Crippen LogP contribution in [0.5, 0.6) is 5.75 Å². The maximum absolute atomic E-state index is 12.9. The Morgan fingerprint density at radius 1 is 1.00 bits per heavy atom. The number of rotatable bonds is 6. The summed E-state index contributed by atoms with van der Waals surface area (Å²) in [6.45, 7) is 1.43. The molecule has 142 valence electrons. The number of benzene rings is 2. The zero-order valence-corrected chi connectivity index (χ0v) is 14.8. The number of nitrogens with one attached hydrogen (secondary N) is 2. The molecule has 0 aliphatic rings. The second kappa shape index (κ2) is 9.33. The lowest BCUT2D eigenvalue weighted by atomic mass is 10.1. The topological polar surface area (TPSA) is 93.7 Å². The maximum Gasteiger partial charge on any atom is 0.348 e. The summed E-state index contributed by atoms with van der Waals surface area (Å²) in [5, 5.41) is 4.33. The van der Waals surface area contributed by atoms with E-state index < -0.39 is 35.9 Å². The molecule has 0 saturated heterocycles. The van der Waals surface area contributed by atoms with Gasteiger partial charge in [0.2, 0.25) is 6.10 Å². The summed E-state index contributed by atoms with van der Waals surface area (Å²) in [6.07, 6.45) is -2.40. The SMILES string of the molecule is CNC(=O)NC(=O)[C@@H](OC(=O)[C@@H](C)Oc1ccc(F)cc1)c1ccccc1. The molecule has 2 rings (SSSR count). The van der Waals surface area contributed by atoms with E-state index in [0.717, 1.165) is 0 Å². The predicted octanol–water partition coefficient (Wildman–Crippen LogP) is 2.33. The lowest BCUT2D eigenvalue weighted by Crippen LogP contribution is -2.42. The third-order valence-electron chi connectivity index (χ3n) is 3.50. The Bertz CT molecular complexity index is 796. The van der Waals surface area contributed by atoms with Crippen LogP contribution < -0.4 is 15.4 Å². The van der Waals surface area contributed by atoms with Gasteiger partial charge < -0.3 is 14.8 Å². The molecular weight excluding hydrogens is 355 g/mol. The van der Waals surface area contributed by atoms with Crippen molar-refractivity contribution in [3.05, 3.63) is 66.0 Å². The molecule has 7 nitrogen and oxygen atoms in total. The minimum Gasteiger partial charge on any atom is -0.479 e. The number of carbonyl (C=O) groups is 3. The van der Waals surface area contributed by atoms with Crippen molar-refractivity contribution >= 4 is 17.9 Å². The van der Waals surface area contributed by atoms with E-state index in [2.05, 4.69) is 10.6 Å². The molecule has 3 amide bonds. The van der Waals surface area contributed by atoms with Gasteiger partial charge in [-0.1, -0.05) is 30.3 Å². The Labute approximate surface area is 155 Å². The molecule has 2 atom stereocenters. The molecule has 0 heterocycles. The minimum atomic E-state index is -1.34. The number of amides is 3. The molecule has 0 unspecified atom stereocenters. The average Bonchev–Trinajstić information content (AvgIpc) is 2.68. The van der Waals surface area contributed by atoms with E-state index in [9.17, 15) is 18.8 Å². The summed E-state index contributed by atoms with van der Waals surface area (Å²) in [5.41, 5.74) is 0.390. The number of carbonyl (C=O) groups excluding carboxylic acids is 3. The number of urea groups is 1. The van der Waals surface area contributed by atoms with Crippen LogP contribution in [0.4, 0.5) is 9.18 Å². The highest BCUT2D eigenvalue weighted by Crippen LogP contribution is 2.20. The fraction of sp³-hybridized carbons (Fsp3) is 0.211. The molecule has 0 fully saturated rings. The van der Waals surface area contributed by atoms with Crippen molar-refractivity contribution in [3.8, 4) is 5.75 Å². The maximum atomic E-state index is 12.9. The van der Waals surface area contributed by atoms with Crippen molar-refractivity contribution in [3.63, 3.8) is 0 Å². The van der Waals surface area contributed by atoms with Gasteiger partial charge in [-0.25, -0.2) is 14.0 Å². The average molecular weight is 374 g/mol. The lowest BCUT2D eigenvalue weighted by molar-refractivity contribution is -0.162. The first kappa shape index (κ1) is 19.9. The number of hydrogen-bond donors (Lipinski definition) is 2. The van der Waals surface area contributed by atoms with E-state index in [-0.39, 0.29) is 5.75 Å². The van der Waals surface area contributed by atoms with Gasteiger partial charge in [-0.3, -0.25) is 10.1 Å². The highest BCUT2D eigenvalue weighted by atomic mass is 19.1. The number of ether oxygens (including phenoxy) is 2. The van der Waals surface area contributed by atoms with Crippen LogP contribution >= 0.6 is 0 Å². The summed E-state index contributed by atoms with van der Waals surface area (Å²) in [7, 11) is 1.35. The second-order valence-electron chi connectivity index (χ2n) is 5.51. The third kappa shape index (κ3) is 5.81. The van der Waals surface area contributed by atoms with E-state index in [1.807, 2.05) is 0 Å². The first-order valence-corrected chi connectivity index (χ1v) is 8.11. The molecule has 0 radical (unpaired) electrons. The Kier molecular flexibility index (Phi) is 6.87. The van der Waals surface area contributed by atoms with Crippen molar-refractivity contribution in [1.82, 2.24) is 10.6 Å². The summed E-state index contributed by atoms with van der Waals surface area (Å²) in [4.78, 5) is 36.1. The largest absolute Gasteiger partial charge is 0.479 e. The van der Waals surface area contributed by atoms with Gasteiger partial charge in [0.05, 0.1) is 0 Å². The van der Waals surface area contributed by atoms with Gasteiger partial charge >= 0.3 is 12.0 Å². The minimum absolute atomic E-state index is 0.270. The predicted molar refractivity (Wildman–Crippen MR) is 94.4 cm³/mol. The first-order valence-electron chi connectivity index (χ1n) is 8.11. The van der Waals surface area contributed by atoms with Crippen LogP contribution in [0.15, 0.2) is 54.6 Å². The van der Waals surface area contributed by atoms with Crippen LogP contribution in [0.25, 0.3) is 0 Å². The van der Waals surface area contributed by atoms with Crippen molar-refractivity contribution < 1.29 is 28.2 Å². The van der Waals surface area contributed by atoms with E-state index in [4.69, 9.17) is 9.47 Å². The van der Waals surface area contributed by atoms with Gasteiger partial charge in [0.15, 0.2) is 6.10 Å². The first-order chi connectivity index (χ1) is 12.9. The molecule has 0 saturated carbocycles. The molecule has 0 aliphatic carbocycles. The molecule has 0 aliphatic heterocycles. The van der Waals surface area contributed by atoms with Crippen LogP contribution in [0.2, 0.25) is 0 Å². The summed E-state index contributed by atoms with van der Waals surface area (Å²) < 4.78 is 23.6. The van der Waals surface area contributed by atoms with E-state index in [1.165, 1.54) is 38.2 Å². The third-order valence-corrected chi connectivity index (χ3v) is 3.50. The fourth-order valence-corrected chi connectivity index (χ4v) is 2.12. The van der Waals surface area contributed by atoms with Crippen molar-refractivity contribution in [1.29, 1.82) is 0 Å². The Morgan fingerprint density at radius 3 is 2.22 bits per heavy atom. The quantitative estimate of drug-likeness (QED) is 0.757. The molecule has 2 aromatic rings. The van der Waals surface area contributed by atoms with Crippen LogP contribution in [0, 0.1) is 5.82 Å². The van der Waals surface area contributed by atoms with Gasteiger partial charge in [-0.2, -0.15) is 0 Å². The van der Waals surface area contributed by atoms with Gasteiger partial charge in [-0.15, -0.1) is 0 Å². The molecule has 27 heavy (non-hydrogen) atoms. The fourth-order valence-electron chi connectivity index (χ4n) is 2.12. The zero-order chi connectivity index (χ0) is 19.8. The second-order valence-corrected chi connectivity index (χ2v) is 5.51. The Balaban J connectivity index is 2.11. The number of halogens is 1. The van der Waals surface area contributed by atoms with Crippen molar-refractivity contribution in [2.75, 3.05) is 7.05 Å².